The van der Waals surface area contributed by atoms with Crippen molar-refractivity contribution in [1.29, 1.82) is 0 Å². The van der Waals surface area contributed by atoms with Gasteiger partial charge in [-0.1, -0.05) is 12.1 Å². The van der Waals surface area contributed by atoms with E-state index in [1.807, 2.05) is 30.5 Å². The molecule has 108 valence electrons. The zero-order valence-corrected chi connectivity index (χ0v) is 12.5. The minimum atomic E-state index is 0.613. The molecule has 5 nitrogen and oxygen atoms in total. The molecule has 0 amide bonds. The molecule has 3 heterocycles. The molecule has 0 atom stereocenters. The highest BCUT2D eigenvalue weighted by atomic mass is 32.1. The van der Waals surface area contributed by atoms with E-state index in [9.17, 15) is 0 Å². The number of anilines is 1. The number of hydrogen-bond donors (Lipinski definition) is 1. The third kappa shape index (κ3) is 2.23. The summed E-state index contributed by atoms with van der Waals surface area (Å²) in [6, 6.07) is 9.92. The van der Waals surface area contributed by atoms with E-state index in [0.717, 1.165) is 23.0 Å². The van der Waals surface area contributed by atoms with Crippen LogP contribution in [0.4, 0.5) is 5.69 Å². The number of nitrogens with zero attached hydrogens (tertiary/aromatic N) is 4. The fourth-order valence-corrected chi connectivity index (χ4v) is 3.18. The van der Waals surface area contributed by atoms with Crippen LogP contribution in [0.15, 0.2) is 54.4 Å². The summed E-state index contributed by atoms with van der Waals surface area (Å²) in [5, 5.41) is 3.00. The van der Waals surface area contributed by atoms with E-state index < -0.39 is 0 Å². The van der Waals surface area contributed by atoms with Gasteiger partial charge in [-0.25, -0.2) is 15.0 Å². The molecule has 6 heteroatoms. The second kappa shape index (κ2) is 5.23. The molecule has 1 aromatic carbocycles. The first-order valence-corrected chi connectivity index (χ1v) is 7.75. The van der Waals surface area contributed by atoms with Gasteiger partial charge < -0.3 is 5.73 Å². The van der Waals surface area contributed by atoms with Gasteiger partial charge >= 0.3 is 0 Å². The van der Waals surface area contributed by atoms with Crippen LogP contribution in [0.2, 0.25) is 0 Å². The fourth-order valence-electron chi connectivity index (χ4n) is 2.47. The van der Waals surface area contributed by atoms with Crippen LogP contribution in [0.1, 0.15) is 10.6 Å². The molecule has 0 aliphatic carbocycles. The van der Waals surface area contributed by atoms with Gasteiger partial charge in [0.1, 0.15) is 6.33 Å². The van der Waals surface area contributed by atoms with Crippen molar-refractivity contribution in [3.63, 3.8) is 0 Å². The number of rotatable bonds is 3. The van der Waals surface area contributed by atoms with Crippen molar-refractivity contribution in [2.45, 2.75) is 6.42 Å². The lowest BCUT2D eigenvalue weighted by Crippen LogP contribution is -2.05. The van der Waals surface area contributed by atoms with Crippen LogP contribution in [0.3, 0.4) is 0 Å². The lowest BCUT2D eigenvalue weighted by molar-refractivity contribution is 0.916. The number of fused-ring (bicyclic) bond motifs is 1. The maximum Gasteiger partial charge on any atom is 0.235 e. The van der Waals surface area contributed by atoms with Crippen LogP contribution >= 0.6 is 11.3 Å². The molecular weight excluding hydrogens is 294 g/mol. The molecule has 0 aliphatic rings. The van der Waals surface area contributed by atoms with E-state index in [1.165, 1.54) is 4.88 Å². The first kappa shape index (κ1) is 13.0. The highest BCUT2D eigenvalue weighted by molar-refractivity contribution is 7.09. The Morgan fingerprint density at radius 2 is 2.09 bits per heavy atom. The van der Waals surface area contributed by atoms with Gasteiger partial charge in [0.05, 0.1) is 11.2 Å². The quantitative estimate of drug-likeness (QED) is 0.591. The maximum atomic E-state index is 6.16. The molecule has 0 aliphatic heterocycles. The SMILES string of the molecule is Nc1cccc2nc(-n3ccnc3)nc(Cc3cccs3)c12. The number of nitrogens with two attached hydrogens (primary N) is 1. The fraction of sp³-hybridized carbons (Fsp3) is 0.0625. The molecule has 0 spiro atoms. The molecule has 4 aromatic rings. The third-order valence-corrected chi connectivity index (χ3v) is 4.35. The molecule has 0 fully saturated rings. The van der Waals surface area contributed by atoms with Gasteiger partial charge in [0, 0.05) is 34.8 Å². The number of aromatic nitrogens is 4. The van der Waals surface area contributed by atoms with Gasteiger partial charge in [0.15, 0.2) is 0 Å². The highest BCUT2D eigenvalue weighted by Gasteiger charge is 2.12. The topological polar surface area (TPSA) is 69.6 Å². The molecule has 2 N–H and O–H groups in total. The number of hydrogen-bond acceptors (Lipinski definition) is 5. The molecule has 3 aromatic heterocycles. The zero-order valence-electron chi connectivity index (χ0n) is 11.7. The minimum Gasteiger partial charge on any atom is -0.398 e. The number of nitrogen functional groups attached to an aromatic ring is 1. The molecule has 0 saturated carbocycles. The Balaban J connectivity index is 1.94. The van der Waals surface area contributed by atoms with E-state index in [0.29, 0.717) is 11.6 Å². The first-order chi connectivity index (χ1) is 10.8. The molecule has 22 heavy (non-hydrogen) atoms. The Bertz CT molecular complexity index is 913. The smallest absolute Gasteiger partial charge is 0.235 e. The summed E-state index contributed by atoms with van der Waals surface area (Å²) in [6.07, 6.45) is 5.99. The minimum absolute atomic E-state index is 0.613. The van der Waals surface area contributed by atoms with Crippen LogP contribution in [-0.2, 0) is 6.42 Å². The van der Waals surface area contributed by atoms with Crippen LogP contribution in [0, 0.1) is 0 Å². The van der Waals surface area contributed by atoms with Crippen molar-refractivity contribution in [1.82, 2.24) is 19.5 Å². The van der Waals surface area contributed by atoms with Crippen molar-refractivity contribution >= 4 is 27.9 Å². The van der Waals surface area contributed by atoms with Crippen LogP contribution < -0.4 is 5.73 Å². The molecule has 0 unspecified atom stereocenters. The van der Waals surface area contributed by atoms with Gasteiger partial charge in [0.2, 0.25) is 5.95 Å². The second-order valence-electron chi connectivity index (χ2n) is 4.94. The van der Waals surface area contributed by atoms with E-state index >= 15 is 0 Å². The van der Waals surface area contributed by atoms with E-state index in [2.05, 4.69) is 21.4 Å². The molecule has 4 rings (SSSR count). The van der Waals surface area contributed by atoms with Crippen molar-refractivity contribution < 1.29 is 0 Å². The number of thiophene rings is 1. The normalized spacial score (nSPS) is 11.1. The highest BCUT2D eigenvalue weighted by Crippen LogP contribution is 2.26. The van der Waals surface area contributed by atoms with Crippen molar-refractivity contribution in [2.24, 2.45) is 0 Å². The Hall–Kier alpha value is -2.73. The van der Waals surface area contributed by atoms with Crippen LogP contribution in [-0.4, -0.2) is 19.5 Å². The Kier molecular flexibility index (Phi) is 3.08. The Labute approximate surface area is 131 Å². The van der Waals surface area contributed by atoms with E-state index in [-0.39, 0.29) is 0 Å². The summed E-state index contributed by atoms with van der Waals surface area (Å²) in [5.74, 6) is 0.613. The van der Waals surface area contributed by atoms with E-state index in [4.69, 9.17) is 10.7 Å². The van der Waals surface area contributed by atoms with Gasteiger partial charge in [-0.15, -0.1) is 11.3 Å². The molecule has 0 saturated heterocycles. The molecule has 0 bridgehead atoms. The summed E-state index contributed by atoms with van der Waals surface area (Å²) in [4.78, 5) is 14.6. The predicted octanol–water partition coefficient (Wildman–Crippen LogP) is 3.05. The molecule has 0 radical (unpaired) electrons. The van der Waals surface area contributed by atoms with Gasteiger partial charge in [-0.2, -0.15) is 0 Å². The second-order valence-corrected chi connectivity index (χ2v) is 5.97. The van der Waals surface area contributed by atoms with E-state index in [1.54, 1.807) is 28.4 Å². The largest absolute Gasteiger partial charge is 0.398 e. The van der Waals surface area contributed by atoms with Crippen molar-refractivity contribution in [3.05, 3.63) is 65.0 Å². The van der Waals surface area contributed by atoms with Gasteiger partial charge in [-0.3, -0.25) is 4.57 Å². The van der Waals surface area contributed by atoms with Gasteiger partial charge in [-0.05, 0) is 23.6 Å². The van der Waals surface area contributed by atoms with Gasteiger partial charge in [0.25, 0.3) is 0 Å². The zero-order chi connectivity index (χ0) is 14.9. The van der Waals surface area contributed by atoms with Crippen LogP contribution in [0.25, 0.3) is 16.9 Å². The van der Waals surface area contributed by atoms with Crippen LogP contribution in [0.5, 0.6) is 0 Å². The standard InChI is InChI=1S/C16H13N5S/c17-12-4-1-5-13-15(12)14(9-11-3-2-8-22-11)20-16(19-13)21-7-6-18-10-21/h1-8,10H,9,17H2. The third-order valence-electron chi connectivity index (χ3n) is 3.48. The van der Waals surface area contributed by atoms with Crippen molar-refractivity contribution in [3.8, 4) is 5.95 Å². The lowest BCUT2D eigenvalue weighted by Gasteiger charge is -2.10. The summed E-state index contributed by atoms with van der Waals surface area (Å²) in [6.45, 7) is 0. The summed E-state index contributed by atoms with van der Waals surface area (Å²) in [5.41, 5.74) is 8.66. The monoisotopic (exact) mass is 307 g/mol. The number of imidazole rings is 1. The maximum absolute atomic E-state index is 6.16. The summed E-state index contributed by atoms with van der Waals surface area (Å²) >= 11 is 1.72. The first-order valence-electron chi connectivity index (χ1n) is 6.87. The number of benzene rings is 1. The van der Waals surface area contributed by atoms with Crippen molar-refractivity contribution in [2.75, 3.05) is 5.73 Å². The summed E-state index contributed by atoms with van der Waals surface area (Å²) < 4.78 is 1.81. The average Bonchev–Trinajstić information content (AvgIpc) is 3.20. The Morgan fingerprint density at radius 3 is 2.86 bits per heavy atom. The molecular formula is C16H13N5S. The lowest BCUT2D eigenvalue weighted by atomic mass is 10.1. The average molecular weight is 307 g/mol. The predicted molar refractivity (Wildman–Crippen MR) is 88.2 cm³/mol. The summed E-state index contributed by atoms with van der Waals surface area (Å²) in [7, 11) is 0. The Morgan fingerprint density at radius 1 is 1.14 bits per heavy atom.